The molecule has 0 aromatic heterocycles. The number of hydrogen-bond acceptors (Lipinski definition) is 4. The summed E-state index contributed by atoms with van der Waals surface area (Å²) in [6.45, 7) is 1.95. The van der Waals surface area contributed by atoms with Crippen LogP contribution in [-0.2, 0) is 25.5 Å². The number of amides is 1. The van der Waals surface area contributed by atoms with Gasteiger partial charge in [0.15, 0.2) is 0 Å². The van der Waals surface area contributed by atoms with Crippen LogP contribution in [0, 0.1) is 0 Å². The fourth-order valence-corrected chi connectivity index (χ4v) is 3.11. The van der Waals surface area contributed by atoms with Crippen LogP contribution >= 0.6 is 11.6 Å². The highest BCUT2D eigenvalue weighted by atomic mass is 35.5. The van der Waals surface area contributed by atoms with E-state index in [1.54, 1.807) is 13.0 Å². The number of aliphatic carboxylic acids is 1. The fraction of sp³-hybridized carbons (Fsp3) is 0.318. The molecule has 0 spiro atoms. The van der Waals surface area contributed by atoms with Crippen molar-refractivity contribution in [2.45, 2.75) is 38.6 Å². The molecular weight excluding hydrogens is 394 g/mol. The van der Waals surface area contributed by atoms with E-state index in [0.717, 1.165) is 16.7 Å². The molecule has 6 nitrogen and oxygen atoms in total. The number of hydrogen-bond donors (Lipinski definition) is 2. The minimum atomic E-state index is -1.00. The Kier molecular flexibility index (Phi) is 8.68. The topological polar surface area (TPSA) is 92.7 Å². The van der Waals surface area contributed by atoms with Crippen LogP contribution in [0.3, 0.4) is 0 Å². The summed E-state index contributed by atoms with van der Waals surface area (Å²) in [5.41, 5.74) is 2.87. The van der Waals surface area contributed by atoms with Gasteiger partial charge in [-0.25, -0.2) is 0 Å². The van der Waals surface area contributed by atoms with Gasteiger partial charge < -0.3 is 15.2 Å². The van der Waals surface area contributed by atoms with E-state index in [9.17, 15) is 14.4 Å². The number of carboxylic acid groups (broad SMARTS) is 1. The van der Waals surface area contributed by atoms with Crippen molar-refractivity contribution >= 4 is 29.4 Å². The highest BCUT2D eigenvalue weighted by Gasteiger charge is 2.17. The molecule has 2 aromatic carbocycles. The highest BCUT2D eigenvalue weighted by Crippen LogP contribution is 2.23. The SMILES string of the molecule is CCOC(=O)CCC(=O)NC(CC(=O)O)Cc1ccc(-c2cccc(Cl)c2)cc1. The first-order valence-corrected chi connectivity index (χ1v) is 9.76. The lowest BCUT2D eigenvalue weighted by Crippen LogP contribution is -2.38. The molecule has 0 aliphatic rings. The lowest BCUT2D eigenvalue weighted by atomic mass is 9.99. The second-order valence-corrected chi connectivity index (χ2v) is 7.02. The average molecular weight is 418 g/mol. The van der Waals surface area contributed by atoms with Crippen molar-refractivity contribution in [1.82, 2.24) is 5.32 Å². The first-order valence-electron chi connectivity index (χ1n) is 9.39. The molecule has 2 aromatic rings. The molecule has 29 heavy (non-hydrogen) atoms. The number of carboxylic acids is 1. The fourth-order valence-electron chi connectivity index (χ4n) is 2.92. The van der Waals surface area contributed by atoms with Crippen molar-refractivity contribution < 1.29 is 24.2 Å². The van der Waals surface area contributed by atoms with E-state index in [0.29, 0.717) is 11.4 Å². The van der Waals surface area contributed by atoms with Crippen LogP contribution in [0.2, 0.25) is 5.02 Å². The molecule has 0 aliphatic carbocycles. The molecule has 0 heterocycles. The Morgan fingerprint density at radius 2 is 1.79 bits per heavy atom. The molecular formula is C22H24ClNO5. The van der Waals surface area contributed by atoms with Crippen molar-refractivity contribution in [3.05, 3.63) is 59.1 Å². The number of esters is 1. The van der Waals surface area contributed by atoms with Gasteiger partial charge in [-0.15, -0.1) is 0 Å². The predicted molar refractivity (Wildman–Crippen MR) is 111 cm³/mol. The minimum absolute atomic E-state index is 0.0339. The maximum atomic E-state index is 12.1. The van der Waals surface area contributed by atoms with Gasteiger partial charge in [-0.2, -0.15) is 0 Å². The van der Waals surface area contributed by atoms with Crippen molar-refractivity contribution in [2.24, 2.45) is 0 Å². The Balaban J connectivity index is 1.99. The molecule has 1 unspecified atom stereocenters. The van der Waals surface area contributed by atoms with Crippen LogP contribution in [-0.4, -0.2) is 35.6 Å². The van der Waals surface area contributed by atoms with Gasteiger partial charge in [-0.1, -0.05) is 48.0 Å². The summed E-state index contributed by atoms with van der Waals surface area (Å²) >= 11 is 6.03. The summed E-state index contributed by atoms with van der Waals surface area (Å²) in [6, 6.07) is 14.6. The zero-order valence-corrected chi connectivity index (χ0v) is 16.9. The molecule has 1 amide bonds. The van der Waals surface area contributed by atoms with Crippen molar-refractivity contribution in [3.63, 3.8) is 0 Å². The third-order valence-electron chi connectivity index (χ3n) is 4.24. The molecule has 2 rings (SSSR count). The summed E-state index contributed by atoms with van der Waals surface area (Å²) in [7, 11) is 0. The van der Waals surface area contributed by atoms with Crippen LogP contribution in [0.15, 0.2) is 48.5 Å². The van der Waals surface area contributed by atoms with Crippen LogP contribution in [0.4, 0.5) is 0 Å². The van der Waals surface area contributed by atoms with Crippen LogP contribution < -0.4 is 5.32 Å². The Morgan fingerprint density at radius 3 is 2.41 bits per heavy atom. The van der Waals surface area contributed by atoms with Gasteiger partial charge >= 0.3 is 11.9 Å². The Labute approximate surface area is 174 Å². The number of carbonyl (C=O) groups is 3. The number of rotatable bonds is 10. The van der Waals surface area contributed by atoms with Gasteiger partial charge in [0.25, 0.3) is 0 Å². The molecule has 0 radical (unpaired) electrons. The first-order chi connectivity index (χ1) is 13.9. The van der Waals surface area contributed by atoms with Gasteiger partial charge in [-0.05, 0) is 42.2 Å². The molecule has 0 saturated carbocycles. The molecule has 154 valence electrons. The molecule has 0 aliphatic heterocycles. The van der Waals surface area contributed by atoms with Gasteiger partial charge in [0.2, 0.25) is 5.91 Å². The van der Waals surface area contributed by atoms with E-state index in [2.05, 4.69) is 5.32 Å². The van der Waals surface area contributed by atoms with E-state index in [4.69, 9.17) is 21.4 Å². The summed E-state index contributed by atoms with van der Waals surface area (Å²) in [5.74, 6) is -1.83. The second kappa shape index (κ2) is 11.2. The lowest BCUT2D eigenvalue weighted by Gasteiger charge is -2.17. The molecule has 2 N–H and O–H groups in total. The summed E-state index contributed by atoms with van der Waals surface area (Å²) in [5, 5.41) is 12.5. The van der Waals surface area contributed by atoms with E-state index in [1.807, 2.05) is 42.5 Å². The quantitative estimate of drug-likeness (QED) is 0.573. The average Bonchev–Trinajstić information content (AvgIpc) is 2.67. The van der Waals surface area contributed by atoms with Gasteiger partial charge in [0.1, 0.15) is 0 Å². The smallest absolute Gasteiger partial charge is 0.306 e. The monoisotopic (exact) mass is 417 g/mol. The Hall–Kier alpha value is -2.86. The number of halogens is 1. The first kappa shape index (κ1) is 22.4. The van der Waals surface area contributed by atoms with Gasteiger partial charge in [0.05, 0.1) is 19.4 Å². The van der Waals surface area contributed by atoms with E-state index in [1.165, 1.54) is 0 Å². The van der Waals surface area contributed by atoms with E-state index >= 15 is 0 Å². The lowest BCUT2D eigenvalue weighted by molar-refractivity contribution is -0.144. The predicted octanol–water partition coefficient (Wildman–Crippen LogP) is 3.85. The molecule has 1 atom stereocenters. The van der Waals surface area contributed by atoms with Crippen molar-refractivity contribution in [1.29, 1.82) is 0 Å². The van der Waals surface area contributed by atoms with Crippen LogP contribution in [0.25, 0.3) is 11.1 Å². The molecule has 0 saturated heterocycles. The second-order valence-electron chi connectivity index (χ2n) is 6.58. The number of carbonyl (C=O) groups excluding carboxylic acids is 2. The maximum absolute atomic E-state index is 12.1. The van der Waals surface area contributed by atoms with E-state index < -0.39 is 18.0 Å². The minimum Gasteiger partial charge on any atom is -0.481 e. The number of benzene rings is 2. The van der Waals surface area contributed by atoms with Crippen LogP contribution in [0.1, 0.15) is 31.7 Å². The number of ether oxygens (including phenoxy) is 1. The summed E-state index contributed by atoms with van der Waals surface area (Å²) in [6.07, 6.45) is 0.0882. The molecule has 0 bridgehead atoms. The van der Waals surface area contributed by atoms with Crippen molar-refractivity contribution in [2.75, 3.05) is 6.61 Å². The third kappa shape index (κ3) is 7.95. The third-order valence-corrected chi connectivity index (χ3v) is 4.48. The highest BCUT2D eigenvalue weighted by molar-refractivity contribution is 6.30. The Bertz CT molecular complexity index is 851. The zero-order valence-electron chi connectivity index (χ0n) is 16.2. The molecule has 7 heteroatoms. The summed E-state index contributed by atoms with van der Waals surface area (Å²) in [4.78, 5) is 34.6. The van der Waals surface area contributed by atoms with Crippen molar-refractivity contribution in [3.8, 4) is 11.1 Å². The zero-order chi connectivity index (χ0) is 21.2. The summed E-state index contributed by atoms with van der Waals surface area (Å²) < 4.78 is 4.79. The van der Waals surface area contributed by atoms with E-state index in [-0.39, 0.29) is 31.8 Å². The van der Waals surface area contributed by atoms with Gasteiger partial charge in [-0.3, -0.25) is 14.4 Å². The molecule has 0 fully saturated rings. The largest absolute Gasteiger partial charge is 0.481 e. The van der Waals surface area contributed by atoms with Crippen LogP contribution in [0.5, 0.6) is 0 Å². The standard InChI is InChI=1S/C22H24ClNO5/c1-2-29-22(28)11-10-20(25)24-19(14-21(26)27)12-15-6-8-16(9-7-15)17-4-3-5-18(23)13-17/h3-9,13,19H,2,10-12,14H2,1H3,(H,24,25)(H,26,27). The normalized spacial score (nSPS) is 11.5. The Morgan fingerprint density at radius 1 is 1.07 bits per heavy atom. The number of nitrogens with one attached hydrogen (secondary N) is 1. The maximum Gasteiger partial charge on any atom is 0.306 e. The van der Waals surface area contributed by atoms with Gasteiger partial charge in [0, 0.05) is 17.5 Å².